The molecule has 0 radical (unpaired) electrons. The van der Waals surface area contributed by atoms with Crippen molar-refractivity contribution in [2.75, 3.05) is 13.2 Å². The third kappa shape index (κ3) is 3.94. The molecule has 0 amide bonds. The van der Waals surface area contributed by atoms with Gasteiger partial charge in [0, 0.05) is 0 Å². The fraction of sp³-hybridized carbons (Fsp3) is 0.933. The maximum atomic E-state index is 11.9. The first-order chi connectivity index (χ1) is 9.69. The lowest BCUT2D eigenvalue weighted by molar-refractivity contribution is -0.156. The number of hydrogen-bond acceptors (Lipinski definition) is 6. The number of rotatable bonds is 4. The van der Waals surface area contributed by atoms with Crippen LogP contribution in [0.2, 0.25) is 0 Å². The quantitative estimate of drug-likeness (QED) is 0.776. The Morgan fingerprint density at radius 2 is 1.67 bits per heavy atom. The minimum atomic E-state index is -0.618. The molecule has 122 valence electrons. The van der Waals surface area contributed by atoms with Gasteiger partial charge in [0.25, 0.3) is 0 Å². The minimum Gasteiger partial charge on any atom is -0.456 e. The molecule has 0 aromatic rings. The second-order valence-corrected chi connectivity index (χ2v) is 7.11. The van der Waals surface area contributed by atoms with E-state index in [1.165, 1.54) is 0 Å². The lowest BCUT2D eigenvalue weighted by Crippen LogP contribution is -2.42. The molecule has 0 bridgehead atoms. The number of nitrogens with two attached hydrogens (primary N) is 1. The van der Waals surface area contributed by atoms with E-state index >= 15 is 0 Å². The summed E-state index contributed by atoms with van der Waals surface area (Å²) in [4.78, 5) is 11.9. The van der Waals surface area contributed by atoms with Gasteiger partial charge in [-0.1, -0.05) is 13.8 Å². The standard InChI is InChI=1S/C15H27NO5/c1-8(2)11(16)14(17)20-9-6-18-13-10(7-19-12(9)13)21-15(3,4)5/h8-13H,6-7,16H2,1-5H3/t9-,10-,11+,12-,13-/m1/s1. The highest BCUT2D eigenvalue weighted by Gasteiger charge is 2.51. The smallest absolute Gasteiger partial charge is 0.323 e. The molecule has 0 aromatic heterocycles. The van der Waals surface area contributed by atoms with Crippen molar-refractivity contribution in [3.63, 3.8) is 0 Å². The van der Waals surface area contributed by atoms with Crippen molar-refractivity contribution in [1.82, 2.24) is 0 Å². The summed E-state index contributed by atoms with van der Waals surface area (Å²) in [6.07, 6.45) is -0.976. The molecule has 2 aliphatic heterocycles. The second-order valence-electron chi connectivity index (χ2n) is 7.11. The minimum absolute atomic E-state index is 0.0390. The molecule has 0 aliphatic carbocycles. The fourth-order valence-corrected chi connectivity index (χ4v) is 2.59. The van der Waals surface area contributed by atoms with Gasteiger partial charge in [-0.05, 0) is 26.7 Å². The summed E-state index contributed by atoms with van der Waals surface area (Å²) >= 11 is 0. The molecule has 5 atom stereocenters. The third-order valence-electron chi connectivity index (χ3n) is 3.73. The Morgan fingerprint density at radius 1 is 1.14 bits per heavy atom. The van der Waals surface area contributed by atoms with Crippen molar-refractivity contribution in [2.45, 2.75) is 70.7 Å². The molecule has 0 saturated carbocycles. The van der Waals surface area contributed by atoms with E-state index in [2.05, 4.69) is 0 Å². The zero-order chi connectivity index (χ0) is 15.8. The maximum absolute atomic E-state index is 11.9. The molecule has 2 fully saturated rings. The molecule has 2 aliphatic rings. The summed E-state index contributed by atoms with van der Waals surface area (Å²) < 4.78 is 22.8. The SMILES string of the molecule is CC(C)[C@H](N)C(=O)O[C@@H]1CO[C@H]2[C@@H]1OC[C@H]2OC(C)(C)C. The van der Waals surface area contributed by atoms with E-state index in [1.807, 2.05) is 34.6 Å². The Bertz CT molecular complexity index is 379. The molecular weight excluding hydrogens is 274 g/mol. The van der Waals surface area contributed by atoms with E-state index in [4.69, 9.17) is 24.7 Å². The normalized spacial score (nSPS) is 34.0. The molecule has 2 N–H and O–H groups in total. The van der Waals surface area contributed by atoms with E-state index in [-0.39, 0.29) is 29.8 Å². The Morgan fingerprint density at radius 3 is 2.19 bits per heavy atom. The predicted molar refractivity (Wildman–Crippen MR) is 76.8 cm³/mol. The molecule has 2 heterocycles. The average Bonchev–Trinajstić information content (AvgIpc) is 2.91. The Balaban J connectivity index is 1.91. The van der Waals surface area contributed by atoms with Gasteiger partial charge >= 0.3 is 5.97 Å². The lowest BCUT2D eigenvalue weighted by Gasteiger charge is -2.26. The summed E-state index contributed by atoms with van der Waals surface area (Å²) in [6.45, 7) is 10.5. The van der Waals surface area contributed by atoms with Crippen molar-refractivity contribution >= 4 is 5.97 Å². The summed E-state index contributed by atoms with van der Waals surface area (Å²) in [5.74, 6) is -0.361. The number of carbonyl (C=O) groups is 1. The van der Waals surface area contributed by atoms with Crippen molar-refractivity contribution in [3.8, 4) is 0 Å². The summed E-state index contributed by atoms with van der Waals surface area (Å²) in [7, 11) is 0. The van der Waals surface area contributed by atoms with Gasteiger partial charge in [-0.25, -0.2) is 0 Å². The van der Waals surface area contributed by atoms with Crippen LogP contribution in [0.5, 0.6) is 0 Å². The molecule has 21 heavy (non-hydrogen) atoms. The van der Waals surface area contributed by atoms with Gasteiger partial charge in [-0.3, -0.25) is 4.79 Å². The maximum Gasteiger partial charge on any atom is 0.323 e. The first kappa shape index (κ1) is 16.7. The van der Waals surface area contributed by atoms with Crippen LogP contribution < -0.4 is 5.73 Å². The highest BCUT2D eigenvalue weighted by molar-refractivity contribution is 5.76. The molecule has 2 saturated heterocycles. The number of hydrogen-bond donors (Lipinski definition) is 1. The fourth-order valence-electron chi connectivity index (χ4n) is 2.59. The van der Waals surface area contributed by atoms with Crippen LogP contribution in [-0.2, 0) is 23.7 Å². The van der Waals surface area contributed by atoms with Crippen LogP contribution in [-0.4, -0.2) is 55.2 Å². The zero-order valence-electron chi connectivity index (χ0n) is 13.5. The van der Waals surface area contributed by atoms with Gasteiger partial charge in [0.15, 0.2) is 6.10 Å². The van der Waals surface area contributed by atoms with Crippen molar-refractivity contribution in [1.29, 1.82) is 0 Å². The second kappa shape index (κ2) is 6.20. The highest BCUT2D eigenvalue weighted by atomic mass is 16.7. The number of ether oxygens (including phenoxy) is 4. The number of esters is 1. The predicted octanol–water partition coefficient (Wildman–Crippen LogP) is 0.863. The van der Waals surface area contributed by atoms with Gasteiger partial charge in [0.2, 0.25) is 0 Å². The van der Waals surface area contributed by atoms with Crippen LogP contribution >= 0.6 is 0 Å². The summed E-state index contributed by atoms with van der Waals surface area (Å²) in [5.41, 5.74) is 5.54. The van der Waals surface area contributed by atoms with Gasteiger partial charge in [-0.2, -0.15) is 0 Å². The van der Waals surface area contributed by atoms with Crippen LogP contribution in [0.1, 0.15) is 34.6 Å². The Labute approximate surface area is 126 Å². The summed E-state index contributed by atoms with van der Waals surface area (Å²) in [5, 5.41) is 0. The van der Waals surface area contributed by atoms with E-state index in [0.717, 1.165) is 0 Å². The van der Waals surface area contributed by atoms with Crippen LogP contribution in [0.4, 0.5) is 0 Å². The molecular formula is C15H27NO5. The van der Waals surface area contributed by atoms with Gasteiger partial charge in [0.05, 0.1) is 18.8 Å². The van der Waals surface area contributed by atoms with E-state index in [9.17, 15) is 4.79 Å². The van der Waals surface area contributed by atoms with Gasteiger partial charge < -0.3 is 24.7 Å². The molecule has 6 heteroatoms. The topological polar surface area (TPSA) is 80.0 Å². The number of fused-ring (bicyclic) bond motifs is 1. The monoisotopic (exact) mass is 301 g/mol. The Hall–Kier alpha value is -0.690. The largest absolute Gasteiger partial charge is 0.456 e. The van der Waals surface area contributed by atoms with Crippen molar-refractivity contribution in [3.05, 3.63) is 0 Å². The summed E-state index contributed by atoms with van der Waals surface area (Å²) in [6, 6.07) is -0.618. The lowest BCUT2D eigenvalue weighted by atomic mass is 10.1. The van der Waals surface area contributed by atoms with Gasteiger partial charge in [-0.15, -0.1) is 0 Å². The number of carbonyl (C=O) groups excluding carboxylic acids is 1. The first-order valence-corrected chi connectivity index (χ1v) is 7.56. The molecule has 0 spiro atoms. The molecule has 0 unspecified atom stereocenters. The average molecular weight is 301 g/mol. The van der Waals surface area contributed by atoms with Crippen molar-refractivity contribution < 1.29 is 23.7 Å². The van der Waals surface area contributed by atoms with Crippen molar-refractivity contribution in [2.24, 2.45) is 11.7 Å². The molecule has 0 aromatic carbocycles. The zero-order valence-corrected chi connectivity index (χ0v) is 13.5. The van der Waals surface area contributed by atoms with E-state index in [0.29, 0.717) is 13.2 Å². The first-order valence-electron chi connectivity index (χ1n) is 7.56. The van der Waals surface area contributed by atoms with Crippen LogP contribution in [0.3, 0.4) is 0 Å². The van der Waals surface area contributed by atoms with Crippen LogP contribution in [0, 0.1) is 5.92 Å². The van der Waals surface area contributed by atoms with Gasteiger partial charge in [0.1, 0.15) is 24.4 Å². The van der Waals surface area contributed by atoms with E-state index < -0.39 is 18.1 Å². The Kier molecular flexibility index (Phi) is 4.92. The van der Waals surface area contributed by atoms with E-state index in [1.54, 1.807) is 0 Å². The van der Waals surface area contributed by atoms with Crippen LogP contribution in [0.15, 0.2) is 0 Å². The highest BCUT2D eigenvalue weighted by Crippen LogP contribution is 2.32. The molecule has 6 nitrogen and oxygen atoms in total. The van der Waals surface area contributed by atoms with Crippen LogP contribution in [0.25, 0.3) is 0 Å². The molecule has 2 rings (SSSR count). The third-order valence-corrected chi connectivity index (χ3v) is 3.73.